The first kappa shape index (κ1) is 19.7. The molecule has 0 heterocycles. The normalized spacial score (nSPS) is 10.9. The topological polar surface area (TPSA) is 0 Å². The van der Waals surface area contributed by atoms with Gasteiger partial charge in [-0.3, -0.25) is 0 Å². The molecule has 27 heavy (non-hydrogen) atoms. The van der Waals surface area contributed by atoms with E-state index < -0.39 is 7.26 Å². The number of halogens is 2. The van der Waals surface area contributed by atoms with Gasteiger partial charge in [0.2, 0.25) is 0 Å². The van der Waals surface area contributed by atoms with Crippen molar-refractivity contribution in [3.8, 4) is 0 Å². The van der Waals surface area contributed by atoms with Gasteiger partial charge in [-0.2, -0.15) is 0 Å². The van der Waals surface area contributed by atoms with Gasteiger partial charge in [-0.25, -0.2) is 4.39 Å². The van der Waals surface area contributed by atoms with Crippen molar-refractivity contribution >= 4 is 28.5 Å². The monoisotopic (exact) mass is 484 g/mol. The lowest BCUT2D eigenvalue weighted by atomic mass is 10.3. The van der Waals surface area contributed by atoms with E-state index in [0.717, 1.165) is 5.30 Å². The Hall–Kier alpha value is -2.03. The predicted molar refractivity (Wildman–Crippen MR) is 111 cm³/mol. The Morgan fingerprint density at radius 2 is 0.704 bits per heavy atom. The third-order valence-corrected chi connectivity index (χ3v) is 8.94. The van der Waals surface area contributed by atoms with Crippen LogP contribution in [0.4, 0.5) is 4.39 Å². The van der Waals surface area contributed by atoms with E-state index in [-0.39, 0.29) is 29.8 Å². The molecule has 4 aromatic carbocycles. The Bertz CT molecular complexity index is 874. The van der Waals surface area contributed by atoms with E-state index in [1.807, 2.05) is 30.3 Å². The van der Waals surface area contributed by atoms with E-state index in [2.05, 4.69) is 72.8 Å². The third kappa shape index (κ3) is 3.69. The second kappa shape index (κ2) is 8.77. The molecule has 0 saturated carbocycles. The molecule has 0 aliphatic heterocycles. The minimum absolute atomic E-state index is 0. The molecule has 0 nitrogen and oxygen atoms in total. The first-order valence-electron chi connectivity index (χ1n) is 8.64. The van der Waals surface area contributed by atoms with Crippen LogP contribution >= 0.6 is 7.26 Å². The van der Waals surface area contributed by atoms with Gasteiger partial charge in [-0.05, 0) is 60.7 Å². The van der Waals surface area contributed by atoms with Crippen molar-refractivity contribution in [3.63, 3.8) is 0 Å². The maximum absolute atomic E-state index is 13.7. The number of rotatable bonds is 4. The molecule has 0 amide bonds. The molecule has 0 radical (unpaired) electrons. The second-order valence-corrected chi connectivity index (χ2v) is 9.56. The summed E-state index contributed by atoms with van der Waals surface area (Å²) in [7, 11) is -2.09. The highest BCUT2D eigenvalue weighted by molar-refractivity contribution is 8.01. The Kier molecular flexibility index (Phi) is 6.41. The van der Waals surface area contributed by atoms with E-state index in [4.69, 9.17) is 0 Å². The fraction of sp³-hybridized carbons (Fsp3) is 0. The minimum atomic E-state index is -2.09. The van der Waals surface area contributed by atoms with Crippen LogP contribution in [0.15, 0.2) is 115 Å². The molecule has 0 aliphatic carbocycles. The van der Waals surface area contributed by atoms with Crippen LogP contribution in [0.1, 0.15) is 0 Å². The lowest BCUT2D eigenvalue weighted by Crippen LogP contribution is -3.00. The van der Waals surface area contributed by atoms with Crippen molar-refractivity contribution < 1.29 is 28.4 Å². The van der Waals surface area contributed by atoms with E-state index in [1.54, 1.807) is 12.1 Å². The Labute approximate surface area is 177 Å². The molecular weight excluding hydrogens is 465 g/mol. The summed E-state index contributed by atoms with van der Waals surface area (Å²) in [6.45, 7) is 0. The average Bonchev–Trinajstić information content (AvgIpc) is 2.72. The number of benzene rings is 4. The lowest BCUT2D eigenvalue weighted by molar-refractivity contribution is -0.00000555. The molecule has 0 fully saturated rings. The molecule has 4 rings (SSSR count). The zero-order valence-corrected chi connectivity index (χ0v) is 17.7. The molecular formula is C24H19FIP. The van der Waals surface area contributed by atoms with Crippen LogP contribution < -0.4 is 45.2 Å². The minimum Gasteiger partial charge on any atom is -1.00 e. The van der Waals surface area contributed by atoms with Gasteiger partial charge < -0.3 is 24.0 Å². The Morgan fingerprint density at radius 1 is 0.407 bits per heavy atom. The molecule has 0 aromatic heterocycles. The highest BCUT2D eigenvalue weighted by Crippen LogP contribution is 2.54. The maximum Gasteiger partial charge on any atom is 0.144 e. The van der Waals surface area contributed by atoms with Crippen LogP contribution in [0, 0.1) is 5.82 Å². The van der Waals surface area contributed by atoms with Crippen molar-refractivity contribution in [1.82, 2.24) is 0 Å². The predicted octanol–water partition coefficient (Wildman–Crippen LogP) is 1.45. The van der Waals surface area contributed by atoms with Gasteiger partial charge >= 0.3 is 0 Å². The van der Waals surface area contributed by atoms with Gasteiger partial charge in [0.25, 0.3) is 0 Å². The molecule has 0 N–H and O–H groups in total. The van der Waals surface area contributed by atoms with Crippen LogP contribution in [0.3, 0.4) is 0 Å². The zero-order chi connectivity index (χ0) is 17.8. The SMILES string of the molecule is Fc1ccc([P+](c2ccccc2)(c2ccccc2)c2ccccc2)cc1.[I-]. The first-order valence-corrected chi connectivity index (χ1v) is 10.4. The summed E-state index contributed by atoms with van der Waals surface area (Å²) in [5.41, 5.74) is 0. The van der Waals surface area contributed by atoms with Gasteiger partial charge in [0.15, 0.2) is 0 Å². The molecule has 4 aromatic rings. The first-order chi connectivity index (χ1) is 12.8. The Balaban J connectivity index is 0.00000210. The second-order valence-electron chi connectivity index (χ2n) is 6.15. The molecule has 3 heteroatoms. The molecule has 0 aliphatic rings. The fourth-order valence-corrected chi connectivity index (χ4v) is 7.76. The van der Waals surface area contributed by atoms with Crippen LogP contribution in [0.2, 0.25) is 0 Å². The van der Waals surface area contributed by atoms with E-state index in [0.29, 0.717) is 0 Å². The van der Waals surface area contributed by atoms with Crippen LogP contribution in [0.25, 0.3) is 0 Å². The summed E-state index contributed by atoms with van der Waals surface area (Å²) in [5, 5.41) is 4.96. The van der Waals surface area contributed by atoms with E-state index in [9.17, 15) is 4.39 Å². The maximum atomic E-state index is 13.7. The van der Waals surface area contributed by atoms with Crippen LogP contribution in [0.5, 0.6) is 0 Å². The van der Waals surface area contributed by atoms with Crippen molar-refractivity contribution in [2.24, 2.45) is 0 Å². The zero-order valence-electron chi connectivity index (χ0n) is 14.7. The van der Waals surface area contributed by atoms with Gasteiger partial charge in [0.1, 0.15) is 34.3 Å². The van der Waals surface area contributed by atoms with Crippen molar-refractivity contribution in [1.29, 1.82) is 0 Å². The van der Waals surface area contributed by atoms with Crippen LogP contribution in [-0.2, 0) is 0 Å². The fourth-order valence-electron chi connectivity index (χ4n) is 3.51. The molecule has 0 unspecified atom stereocenters. The quantitative estimate of drug-likeness (QED) is 0.304. The summed E-state index contributed by atoms with van der Waals surface area (Å²) in [4.78, 5) is 0. The third-order valence-electron chi connectivity index (χ3n) is 4.64. The Morgan fingerprint density at radius 3 is 1.04 bits per heavy atom. The van der Waals surface area contributed by atoms with Crippen molar-refractivity contribution in [2.45, 2.75) is 0 Å². The number of hydrogen-bond donors (Lipinski definition) is 0. The number of hydrogen-bond acceptors (Lipinski definition) is 0. The lowest BCUT2D eigenvalue weighted by Gasteiger charge is -2.27. The largest absolute Gasteiger partial charge is 1.00 e. The van der Waals surface area contributed by atoms with Gasteiger partial charge in [0.05, 0.1) is 0 Å². The summed E-state index contributed by atoms with van der Waals surface area (Å²) >= 11 is 0. The summed E-state index contributed by atoms with van der Waals surface area (Å²) in [6.07, 6.45) is 0. The summed E-state index contributed by atoms with van der Waals surface area (Å²) < 4.78 is 13.7. The molecule has 134 valence electrons. The highest BCUT2D eigenvalue weighted by Gasteiger charge is 2.47. The van der Waals surface area contributed by atoms with E-state index in [1.165, 1.54) is 15.9 Å². The molecule has 0 bridgehead atoms. The van der Waals surface area contributed by atoms with Gasteiger partial charge in [-0.1, -0.05) is 54.6 Å². The summed E-state index contributed by atoms with van der Waals surface area (Å²) in [6, 6.07) is 38.8. The molecule has 0 atom stereocenters. The highest BCUT2D eigenvalue weighted by atomic mass is 127. The van der Waals surface area contributed by atoms with Crippen molar-refractivity contribution in [2.75, 3.05) is 0 Å². The van der Waals surface area contributed by atoms with Gasteiger partial charge in [-0.15, -0.1) is 0 Å². The summed E-state index contributed by atoms with van der Waals surface area (Å²) in [5.74, 6) is -0.207. The van der Waals surface area contributed by atoms with Crippen molar-refractivity contribution in [3.05, 3.63) is 121 Å². The van der Waals surface area contributed by atoms with Gasteiger partial charge in [0, 0.05) is 0 Å². The molecule has 0 saturated heterocycles. The van der Waals surface area contributed by atoms with E-state index >= 15 is 0 Å². The standard InChI is InChI=1S/C24H19FP.HI/c25-20-16-18-24(19-17-20)26(21-10-4-1-5-11-21,22-12-6-2-7-13-22)23-14-8-3-9-15-23;/h1-19H;1H/q+1;/p-1. The average molecular weight is 484 g/mol. The molecule has 0 spiro atoms. The van der Waals surface area contributed by atoms with Crippen LogP contribution in [-0.4, -0.2) is 0 Å². The smallest absolute Gasteiger partial charge is 0.144 e.